The first-order valence-electron chi connectivity index (χ1n) is 5.62. The van der Waals surface area contributed by atoms with Gasteiger partial charge in [-0.25, -0.2) is 4.98 Å². The van der Waals surface area contributed by atoms with Crippen LogP contribution < -0.4 is 5.73 Å². The maximum absolute atomic E-state index is 13.1. The Kier molecular flexibility index (Phi) is 3.85. The number of amides is 1. The van der Waals surface area contributed by atoms with Crippen LogP contribution in [0.25, 0.3) is 11.4 Å². The summed E-state index contributed by atoms with van der Waals surface area (Å²) in [5.41, 5.74) is 2.49. The van der Waals surface area contributed by atoms with Crippen LogP contribution >= 0.6 is 0 Å². The molecule has 0 aromatic carbocycles. The topological polar surface area (TPSA) is 102 Å². The molecular weight excluding hydrogens is 289 g/mol. The Morgan fingerprint density at radius 1 is 1.33 bits per heavy atom. The van der Waals surface area contributed by atoms with Gasteiger partial charge in [0.15, 0.2) is 0 Å². The second-order valence-corrected chi connectivity index (χ2v) is 4.00. The Bertz CT molecular complexity index is 688. The molecule has 0 saturated heterocycles. The van der Waals surface area contributed by atoms with Crippen molar-refractivity contribution in [3.63, 3.8) is 0 Å². The molecule has 0 aliphatic heterocycles. The number of carbonyl (C=O) groups excluding carboxylic acids is 1. The van der Waals surface area contributed by atoms with E-state index >= 15 is 0 Å². The third-order valence-electron chi connectivity index (χ3n) is 2.62. The van der Waals surface area contributed by atoms with E-state index in [1.807, 2.05) is 0 Å². The van der Waals surface area contributed by atoms with E-state index in [0.29, 0.717) is 0 Å². The molecule has 0 spiro atoms. The number of nitrogens with zero attached hydrogens (tertiary/aromatic N) is 3. The van der Waals surface area contributed by atoms with Gasteiger partial charge in [-0.05, 0) is 11.6 Å². The number of rotatable bonds is 3. The van der Waals surface area contributed by atoms with E-state index < -0.39 is 29.9 Å². The lowest BCUT2D eigenvalue weighted by Gasteiger charge is -2.15. The molecule has 21 heavy (non-hydrogen) atoms. The van der Waals surface area contributed by atoms with Crippen molar-refractivity contribution in [2.75, 3.05) is 0 Å². The lowest BCUT2D eigenvalue weighted by Crippen LogP contribution is -2.16. The fourth-order valence-electron chi connectivity index (χ4n) is 1.74. The van der Waals surface area contributed by atoms with Crippen molar-refractivity contribution in [1.29, 1.82) is 0 Å². The number of nitrogens with two attached hydrogens (primary N) is 1. The number of aliphatic hydroxyl groups is 1. The predicted octanol–water partition coefficient (Wildman–Crippen LogP) is 1.15. The number of carbonyl (C=O) groups is 1. The number of alkyl halides is 3. The van der Waals surface area contributed by atoms with E-state index in [-0.39, 0.29) is 17.0 Å². The molecule has 1 amide bonds. The average molecular weight is 298 g/mol. The minimum Gasteiger partial charge on any atom is -0.392 e. The van der Waals surface area contributed by atoms with Gasteiger partial charge >= 0.3 is 6.18 Å². The fraction of sp³-hybridized carbons (Fsp3) is 0.167. The Hall–Kier alpha value is -2.55. The molecule has 0 saturated carbocycles. The van der Waals surface area contributed by atoms with Crippen molar-refractivity contribution in [3.05, 3.63) is 41.5 Å². The number of halogens is 3. The van der Waals surface area contributed by atoms with E-state index in [4.69, 9.17) is 10.8 Å². The van der Waals surface area contributed by atoms with Gasteiger partial charge in [-0.3, -0.25) is 14.8 Å². The molecule has 2 aromatic rings. The van der Waals surface area contributed by atoms with Gasteiger partial charge in [-0.1, -0.05) is 0 Å². The lowest BCUT2D eigenvalue weighted by atomic mass is 10.0. The van der Waals surface area contributed by atoms with Crippen molar-refractivity contribution in [2.24, 2.45) is 5.73 Å². The first-order valence-corrected chi connectivity index (χ1v) is 5.62. The summed E-state index contributed by atoms with van der Waals surface area (Å²) in [5, 5.41) is 9.06. The number of aliphatic hydroxyl groups excluding tert-OH is 1. The summed E-state index contributed by atoms with van der Waals surface area (Å²) < 4.78 is 39.4. The number of aromatic nitrogens is 3. The van der Waals surface area contributed by atoms with Gasteiger partial charge in [-0.2, -0.15) is 13.2 Å². The summed E-state index contributed by atoms with van der Waals surface area (Å²) in [6.45, 7) is -0.812. The highest BCUT2D eigenvalue weighted by molar-refractivity contribution is 5.90. The third kappa shape index (κ3) is 2.97. The van der Waals surface area contributed by atoms with Gasteiger partial charge in [0.2, 0.25) is 0 Å². The van der Waals surface area contributed by atoms with E-state index in [2.05, 4.69) is 15.0 Å². The molecule has 0 bridgehead atoms. The van der Waals surface area contributed by atoms with E-state index in [9.17, 15) is 18.0 Å². The zero-order valence-electron chi connectivity index (χ0n) is 10.4. The zero-order valence-corrected chi connectivity index (χ0v) is 10.4. The van der Waals surface area contributed by atoms with Crippen LogP contribution in [0.15, 0.2) is 24.7 Å². The summed E-state index contributed by atoms with van der Waals surface area (Å²) >= 11 is 0. The summed E-state index contributed by atoms with van der Waals surface area (Å²) in [4.78, 5) is 22.0. The Morgan fingerprint density at radius 2 is 2.05 bits per heavy atom. The molecule has 2 aromatic heterocycles. The zero-order chi connectivity index (χ0) is 15.6. The van der Waals surface area contributed by atoms with Gasteiger partial charge in [0.25, 0.3) is 5.91 Å². The quantitative estimate of drug-likeness (QED) is 0.885. The second-order valence-electron chi connectivity index (χ2n) is 4.00. The molecule has 3 N–H and O–H groups in total. The fourth-order valence-corrected chi connectivity index (χ4v) is 1.74. The van der Waals surface area contributed by atoms with Crippen molar-refractivity contribution in [1.82, 2.24) is 15.0 Å². The molecule has 110 valence electrons. The van der Waals surface area contributed by atoms with Gasteiger partial charge < -0.3 is 10.8 Å². The van der Waals surface area contributed by atoms with Crippen molar-refractivity contribution >= 4 is 5.91 Å². The minimum absolute atomic E-state index is 0.256. The normalized spacial score (nSPS) is 11.4. The van der Waals surface area contributed by atoms with Crippen LogP contribution in [0, 0.1) is 0 Å². The van der Waals surface area contributed by atoms with Gasteiger partial charge in [0, 0.05) is 6.20 Å². The van der Waals surface area contributed by atoms with Gasteiger partial charge in [0.05, 0.1) is 24.6 Å². The highest BCUT2D eigenvalue weighted by atomic mass is 19.4. The summed E-state index contributed by atoms with van der Waals surface area (Å²) in [5.74, 6) is -0.920. The minimum atomic E-state index is -4.74. The molecule has 0 aliphatic carbocycles. The average Bonchev–Trinajstić information content (AvgIpc) is 2.45. The first kappa shape index (κ1) is 14.9. The highest BCUT2D eigenvalue weighted by Gasteiger charge is 2.37. The Balaban J connectivity index is 2.69. The van der Waals surface area contributed by atoms with Gasteiger partial charge in [0.1, 0.15) is 17.1 Å². The standard InChI is InChI=1S/C12H9F3N4O2/c13-12(14,15)9-6(5-20)1-2-18-10(9)7-3-17-4-8(19-7)11(16)21/h1-4,20H,5H2,(H2,16,21). The Morgan fingerprint density at radius 3 is 2.62 bits per heavy atom. The molecule has 0 aliphatic rings. The van der Waals surface area contributed by atoms with Crippen LogP contribution in [-0.2, 0) is 12.8 Å². The molecule has 0 atom stereocenters. The molecule has 0 unspecified atom stereocenters. The smallest absolute Gasteiger partial charge is 0.392 e. The maximum Gasteiger partial charge on any atom is 0.418 e. The monoisotopic (exact) mass is 298 g/mol. The highest BCUT2D eigenvalue weighted by Crippen LogP contribution is 2.37. The van der Waals surface area contributed by atoms with Crippen LogP contribution in [0.1, 0.15) is 21.6 Å². The molecule has 6 nitrogen and oxygen atoms in total. The van der Waals surface area contributed by atoms with Crippen LogP contribution in [0.2, 0.25) is 0 Å². The third-order valence-corrected chi connectivity index (χ3v) is 2.62. The van der Waals surface area contributed by atoms with Gasteiger partial charge in [-0.15, -0.1) is 0 Å². The number of primary amides is 1. The molecule has 0 radical (unpaired) electrons. The second kappa shape index (κ2) is 5.44. The number of hydrogen-bond acceptors (Lipinski definition) is 5. The Labute approximate surface area is 116 Å². The molecule has 2 rings (SSSR count). The summed E-state index contributed by atoms with van der Waals surface area (Å²) in [6.07, 6.45) is -1.57. The van der Waals surface area contributed by atoms with Crippen molar-refractivity contribution in [2.45, 2.75) is 12.8 Å². The van der Waals surface area contributed by atoms with Crippen molar-refractivity contribution < 1.29 is 23.1 Å². The van der Waals surface area contributed by atoms with Crippen LogP contribution in [0.5, 0.6) is 0 Å². The molecule has 9 heteroatoms. The van der Waals surface area contributed by atoms with Crippen LogP contribution in [-0.4, -0.2) is 26.0 Å². The SMILES string of the molecule is NC(=O)c1cncc(-c2nccc(CO)c2C(F)(F)F)n1. The molecular formula is C12H9F3N4O2. The van der Waals surface area contributed by atoms with E-state index in [0.717, 1.165) is 24.7 Å². The number of hydrogen-bond donors (Lipinski definition) is 2. The summed E-state index contributed by atoms with van der Waals surface area (Å²) in [6, 6.07) is 1.05. The summed E-state index contributed by atoms with van der Waals surface area (Å²) in [7, 11) is 0. The van der Waals surface area contributed by atoms with Crippen LogP contribution in [0.4, 0.5) is 13.2 Å². The largest absolute Gasteiger partial charge is 0.418 e. The van der Waals surface area contributed by atoms with E-state index in [1.165, 1.54) is 0 Å². The first-order chi connectivity index (χ1) is 9.84. The number of pyridine rings is 1. The van der Waals surface area contributed by atoms with Crippen LogP contribution in [0.3, 0.4) is 0 Å². The maximum atomic E-state index is 13.1. The predicted molar refractivity (Wildman–Crippen MR) is 64.7 cm³/mol. The van der Waals surface area contributed by atoms with Crippen molar-refractivity contribution in [3.8, 4) is 11.4 Å². The lowest BCUT2D eigenvalue weighted by molar-refractivity contribution is -0.138. The molecule has 0 fully saturated rings. The van der Waals surface area contributed by atoms with E-state index in [1.54, 1.807) is 0 Å². The molecule has 2 heterocycles.